The van der Waals surface area contributed by atoms with Crippen molar-refractivity contribution >= 4 is 23.3 Å². The van der Waals surface area contributed by atoms with E-state index in [9.17, 15) is 9.59 Å². The molecule has 2 heterocycles. The van der Waals surface area contributed by atoms with Gasteiger partial charge in [-0.25, -0.2) is 0 Å². The fourth-order valence-corrected chi connectivity index (χ4v) is 3.49. The van der Waals surface area contributed by atoms with Crippen molar-refractivity contribution < 1.29 is 14.3 Å². The third kappa shape index (κ3) is 3.18. The Kier molecular flexibility index (Phi) is 4.50. The summed E-state index contributed by atoms with van der Waals surface area (Å²) >= 11 is 5.94. The van der Waals surface area contributed by atoms with Crippen LogP contribution in [0.4, 0.5) is 0 Å². The van der Waals surface area contributed by atoms with E-state index in [1.807, 2.05) is 24.3 Å². The Labute approximate surface area is 135 Å². The minimum atomic E-state index is -0.594. The molecule has 22 heavy (non-hydrogen) atoms. The molecule has 2 aliphatic rings. The summed E-state index contributed by atoms with van der Waals surface area (Å²) in [7, 11) is 0. The predicted molar refractivity (Wildman–Crippen MR) is 83.9 cm³/mol. The van der Waals surface area contributed by atoms with Crippen molar-refractivity contribution in [3.05, 3.63) is 34.9 Å². The molecule has 2 saturated heterocycles. The molecule has 0 aliphatic carbocycles. The molecule has 4 nitrogen and oxygen atoms in total. The number of nitrogens with zero attached hydrogens (tertiary/aromatic N) is 1. The van der Waals surface area contributed by atoms with Crippen molar-refractivity contribution in [1.82, 2.24) is 4.90 Å². The zero-order chi connectivity index (χ0) is 15.6. The van der Waals surface area contributed by atoms with Gasteiger partial charge in [0.05, 0.1) is 6.54 Å². The number of rotatable bonds is 3. The first-order valence-electron chi connectivity index (χ1n) is 7.79. The fourth-order valence-electron chi connectivity index (χ4n) is 3.28. The average Bonchev–Trinajstić information content (AvgIpc) is 2.98. The van der Waals surface area contributed by atoms with Crippen LogP contribution in [0.25, 0.3) is 0 Å². The molecule has 0 aromatic heterocycles. The third-order valence-electron chi connectivity index (χ3n) is 4.60. The van der Waals surface area contributed by atoms with Crippen molar-refractivity contribution in [3.8, 4) is 0 Å². The molecule has 2 aliphatic heterocycles. The maximum Gasteiger partial charge on any atom is 0.223 e. The molecular weight excluding hydrogens is 302 g/mol. The number of amides is 1. The second-order valence-corrected chi connectivity index (χ2v) is 6.50. The van der Waals surface area contributed by atoms with Crippen molar-refractivity contribution in [1.29, 1.82) is 0 Å². The quantitative estimate of drug-likeness (QED) is 0.859. The molecule has 0 saturated carbocycles. The standard InChI is InChI=1S/C17H20ClNO3/c18-14-4-1-3-13(11-14)5-6-16(21)19-9-8-17(15(20)12-19)7-2-10-22-17/h1,3-4,11H,2,5-10,12H2/t17-/m0/s1. The first kappa shape index (κ1) is 15.5. The van der Waals surface area contributed by atoms with Crippen molar-refractivity contribution in [2.75, 3.05) is 19.7 Å². The molecule has 0 N–H and O–H groups in total. The van der Waals surface area contributed by atoms with Crippen molar-refractivity contribution in [2.45, 2.75) is 37.7 Å². The number of hydrogen-bond donors (Lipinski definition) is 0. The lowest BCUT2D eigenvalue weighted by molar-refractivity contribution is -0.152. The number of aryl methyl sites for hydroxylation is 1. The number of benzene rings is 1. The van der Waals surface area contributed by atoms with Crippen LogP contribution in [0.1, 0.15) is 31.2 Å². The zero-order valence-electron chi connectivity index (χ0n) is 12.5. The van der Waals surface area contributed by atoms with Crippen LogP contribution in [0.3, 0.4) is 0 Å². The van der Waals surface area contributed by atoms with Gasteiger partial charge in [0.25, 0.3) is 0 Å². The van der Waals surface area contributed by atoms with Crippen LogP contribution in [0.5, 0.6) is 0 Å². The second-order valence-electron chi connectivity index (χ2n) is 6.06. The van der Waals surface area contributed by atoms with E-state index in [2.05, 4.69) is 0 Å². The molecule has 3 rings (SSSR count). The number of halogens is 1. The Morgan fingerprint density at radius 3 is 2.91 bits per heavy atom. The highest BCUT2D eigenvalue weighted by molar-refractivity contribution is 6.30. The molecule has 1 aromatic carbocycles. The third-order valence-corrected chi connectivity index (χ3v) is 4.84. The van der Waals surface area contributed by atoms with Gasteiger partial charge < -0.3 is 9.64 Å². The molecule has 1 atom stereocenters. The van der Waals surface area contributed by atoms with Crippen LogP contribution < -0.4 is 0 Å². The number of ether oxygens (including phenoxy) is 1. The van der Waals surface area contributed by atoms with Gasteiger partial charge in [-0.3, -0.25) is 9.59 Å². The van der Waals surface area contributed by atoms with E-state index >= 15 is 0 Å². The molecule has 2 fully saturated rings. The van der Waals surface area contributed by atoms with Gasteiger partial charge in [-0.05, 0) is 37.0 Å². The SMILES string of the molecule is O=C(CCc1cccc(Cl)c1)N1CC[C@@]2(CCCO2)C(=O)C1. The Morgan fingerprint density at radius 1 is 1.36 bits per heavy atom. The summed E-state index contributed by atoms with van der Waals surface area (Å²) in [5, 5.41) is 0.679. The summed E-state index contributed by atoms with van der Waals surface area (Å²) in [6.45, 7) is 1.46. The Morgan fingerprint density at radius 2 is 2.23 bits per heavy atom. The summed E-state index contributed by atoms with van der Waals surface area (Å²) < 4.78 is 5.66. The maximum absolute atomic E-state index is 12.3. The van der Waals surface area contributed by atoms with Gasteiger partial charge in [0, 0.05) is 31.0 Å². The second kappa shape index (κ2) is 6.39. The van der Waals surface area contributed by atoms with Gasteiger partial charge in [0.2, 0.25) is 5.91 Å². The number of likely N-dealkylation sites (tertiary alicyclic amines) is 1. The number of carbonyl (C=O) groups excluding carboxylic acids is 2. The summed E-state index contributed by atoms with van der Waals surface area (Å²) in [5.41, 5.74) is 0.448. The lowest BCUT2D eigenvalue weighted by Gasteiger charge is -2.37. The lowest BCUT2D eigenvalue weighted by Crippen LogP contribution is -2.53. The first-order chi connectivity index (χ1) is 10.6. The van der Waals surface area contributed by atoms with E-state index < -0.39 is 5.60 Å². The van der Waals surface area contributed by atoms with E-state index in [0.717, 1.165) is 18.4 Å². The van der Waals surface area contributed by atoms with Crippen LogP contribution in [0.2, 0.25) is 5.02 Å². The lowest BCUT2D eigenvalue weighted by atomic mass is 9.87. The highest BCUT2D eigenvalue weighted by atomic mass is 35.5. The molecule has 0 bridgehead atoms. The average molecular weight is 322 g/mol. The normalized spacial score (nSPS) is 25.0. The molecule has 1 amide bonds. The van der Waals surface area contributed by atoms with Gasteiger partial charge in [0.15, 0.2) is 5.78 Å². The number of ketones is 1. The van der Waals surface area contributed by atoms with E-state index in [1.165, 1.54) is 0 Å². The highest BCUT2D eigenvalue weighted by Gasteiger charge is 2.46. The highest BCUT2D eigenvalue weighted by Crippen LogP contribution is 2.33. The van der Waals surface area contributed by atoms with Crippen LogP contribution in [-0.4, -0.2) is 41.9 Å². The summed E-state index contributed by atoms with van der Waals surface area (Å²) in [6.07, 6.45) is 3.42. The molecule has 0 unspecified atom stereocenters. The Bertz CT molecular complexity index is 581. The molecular formula is C17H20ClNO3. The Balaban J connectivity index is 1.54. The van der Waals surface area contributed by atoms with Crippen LogP contribution in [0.15, 0.2) is 24.3 Å². The minimum absolute atomic E-state index is 0.0289. The van der Waals surface area contributed by atoms with Crippen LogP contribution in [-0.2, 0) is 20.7 Å². The number of carbonyl (C=O) groups is 2. The summed E-state index contributed by atoms with van der Waals surface area (Å²) in [4.78, 5) is 26.3. The molecule has 5 heteroatoms. The molecule has 0 radical (unpaired) electrons. The van der Waals surface area contributed by atoms with E-state index in [4.69, 9.17) is 16.3 Å². The van der Waals surface area contributed by atoms with Crippen molar-refractivity contribution in [2.24, 2.45) is 0 Å². The summed E-state index contributed by atoms with van der Waals surface area (Å²) in [6, 6.07) is 7.53. The number of piperidine rings is 1. The van der Waals surface area contributed by atoms with Crippen LogP contribution in [0, 0.1) is 0 Å². The van der Waals surface area contributed by atoms with Gasteiger partial charge in [-0.2, -0.15) is 0 Å². The van der Waals surface area contributed by atoms with Crippen LogP contribution >= 0.6 is 11.6 Å². The van der Waals surface area contributed by atoms with Crippen molar-refractivity contribution in [3.63, 3.8) is 0 Å². The number of Topliss-reactive ketones (excluding diaryl/α,β-unsaturated/α-hetero) is 1. The fraction of sp³-hybridized carbons (Fsp3) is 0.529. The Hall–Kier alpha value is -1.39. The monoisotopic (exact) mass is 321 g/mol. The summed E-state index contributed by atoms with van der Waals surface area (Å²) in [5.74, 6) is 0.0912. The largest absolute Gasteiger partial charge is 0.367 e. The van der Waals surface area contributed by atoms with E-state index in [1.54, 1.807) is 4.90 Å². The zero-order valence-corrected chi connectivity index (χ0v) is 13.3. The minimum Gasteiger partial charge on any atom is -0.367 e. The van der Waals surface area contributed by atoms with Gasteiger partial charge in [-0.1, -0.05) is 23.7 Å². The van der Waals surface area contributed by atoms with Gasteiger partial charge >= 0.3 is 0 Å². The predicted octanol–water partition coefficient (Wildman–Crippen LogP) is 2.62. The topological polar surface area (TPSA) is 46.6 Å². The smallest absolute Gasteiger partial charge is 0.223 e. The van der Waals surface area contributed by atoms with E-state index in [-0.39, 0.29) is 18.2 Å². The van der Waals surface area contributed by atoms with Gasteiger partial charge in [-0.15, -0.1) is 0 Å². The van der Waals surface area contributed by atoms with Gasteiger partial charge in [0.1, 0.15) is 5.60 Å². The number of hydrogen-bond acceptors (Lipinski definition) is 3. The molecule has 1 spiro atoms. The molecule has 118 valence electrons. The van der Waals surface area contributed by atoms with E-state index in [0.29, 0.717) is 37.4 Å². The first-order valence-corrected chi connectivity index (χ1v) is 8.16. The maximum atomic E-state index is 12.3. The molecule has 1 aromatic rings.